The molecule has 5 amide bonds. The van der Waals surface area contributed by atoms with Gasteiger partial charge in [0.25, 0.3) is 5.91 Å². The summed E-state index contributed by atoms with van der Waals surface area (Å²) in [5.41, 5.74) is -1.54. The van der Waals surface area contributed by atoms with Crippen LogP contribution in [0.2, 0.25) is 0 Å². The lowest BCUT2D eigenvalue weighted by molar-refractivity contribution is -0.145. The first-order valence-electron chi connectivity index (χ1n) is 19.5. The molecule has 12 nitrogen and oxygen atoms in total. The van der Waals surface area contributed by atoms with Crippen LogP contribution in [0.3, 0.4) is 0 Å². The van der Waals surface area contributed by atoms with Gasteiger partial charge in [0.15, 0.2) is 0 Å². The molecule has 3 rings (SSSR count). The number of nitrogens with zero attached hydrogens (tertiary/aromatic N) is 1. The van der Waals surface area contributed by atoms with Gasteiger partial charge in [-0.2, -0.15) is 9.35 Å². The maximum Gasteiger partial charge on any atom is 0.315 e. The summed E-state index contributed by atoms with van der Waals surface area (Å²) in [6.07, 6.45) is 16.9. The van der Waals surface area contributed by atoms with Gasteiger partial charge in [-0.3, -0.25) is 19.2 Å². The number of nitrogens with one attached hydrogen (secondary N) is 4. The van der Waals surface area contributed by atoms with Crippen molar-refractivity contribution in [1.29, 1.82) is 0 Å². The fourth-order valence-electron chi connectivity index (χ4n) is 8.42. The van der Waals surface area contributed by atoms with E-state index >= 15 is 0 Å². The highest BCUT2D eigenvalue weighted by Gasteiger charge is 2.51. The van der Waals surface area contributed by atoms with Gasteiger partial charge in [0, 0.05) is 30.5 Å². The van der Waals surface area contributed by atoms with E-state index in [9.17, 15) is 32.7 Å². The lowest BCUT2D eigenvalue weighted by Crippen LogP contribution is -2.67. The Morgan fingerprint density at radius 2 is 1.60 bits per heavy atom. The normalized spacial score (nSPS) is 23.3. The second kappa shape index (κ2) is 17.5. The zero-order valence-corrected chi connectivity index (χ0v) is 34.1. The third-order valence-electron chi connectivity index (χ3n) is 12.3. The molecule has 0 aromatic heterocycles. The first-order chi connectivity index (χ1) is 24.6. The zero-order valence-electron chi connectivity index (χ0n) is 33.3. The number of ketones is 1. The summed E-state index contributed by atoms with van der Waals surface area (Å²) in [5.74, 6) is -0.484. The van der Waals surface area contributed by atoms with Crippen molar-refractivity contribution >= 4 is 38.9 Å². The number of carbonyl (C=O) groups is 5. The van der Waals surface area contributed by atoms with Crippen LogP contribution in [0.15, 0.2) is 12.7 Å². The Morgan fingerprint density at radius 1 is 1.02 bits per heavy atom. The third kappa shape index (κ3) is 10.7. The zero-order chi connectivity index (χ0) is 39.9. The van der Waals surface area contributed by atoms with Crippen molar-refractivity contribution in [1.82, 2.24) is 26.2 Å². The van der Waals surface area contributed by atoms with Gasteiger partial charge in [-0.25, -0.2) is 9.00 Å². The molecule has 0 radical (unpaired) electrons. The Kier molecular flexibility index (Phi) is 14.6. The number of urea groups is 1. The van der Waals surface area contributed by atoms with Crippen LogP contribution in [0, 0.1) is 29.6 Å². The highest BCUT2D eigenvalue weighted by atomic mass is 32.3. The number of rotatable bonds is 15. The Bertz CT molecular complexity index is 1480. The average Bonchev–Trinajstić information content (AvgIpc) is 3.53. The number of likely N-dealkylation sites (tertiary alicyclic amines) is 1. The summed E-state index contributed by atoms with van der Waals surface area (Å²) >= 11 is 0. The SMILES string of the molecule is C#CCCC(NC(=O)[C@@H]1[C@@H](C(C)C)CCN1C(=O)[C@@H](NC(=O)NC1(CS(C)(=O)(O)C(C)(C)C)CCCCC1)C1(C)CCCCC1)C(=O)C(=O)NCC=C. The highest BCUT2D eigenvalue weighted by Crippen LogP contribution is 2.43. The average molecular weight is 762 g/mol. The lowest BCUT2D eigenvalue weighted by atomic mass is 9.70. The van der Waals surface area contributed by atoms with E-state index in [4.69, 9.17) is 6.42 Å². The number of hydrogen-bond donors (Lipinski definition) is 5. The summed E-state index contributed by atoms with van der Waals surface area (Å²) in [5, 5.41) is 11.4. The third-order valence-corrected chi connectivity index (χ3v) is 16.7. The summed E-state index contributed by atoms with van der Waals surface area (Å²) in [6, 6.07) is -3.68. The summed E-state index contributed by atoms with van der Waals surface area (Å²) in [6.45, 7) is 15.1. The Morgan fingerprint density at radius 3 is 2.13 bits per heavy atom. The minimum atomic E-state index is -4.22. The van der Waals surface area contributed by atoms with E-state index in [1.807, 2.05) is 20.8 Å². The predicted octanol–water partition coefficient (Wildman–Crippen LogP) is 4.69. The molecule has 1 saturated heterocycles. The molecule has 0 spiro atoms. The van der Waals surface area contributed by atoms with Crippen molar-refractivity contribution in [2.24, 2.45) is 17.3 Å². The second-order valence-corrected chi connectivity index (χ2v) is 22.1. The van der Waals surface area contributed by atoms with Crippen molar-refractivity contribution in [2.75, 3.05) is 25.1 Å². The smallest absolute Gasteiger partial charge is 0.315 e. The minimum absolute atomic E-state index is 0.00343. The molecule has 300 valence electrons. The number of amides is 5. The molecule has 3 fully saturated rings. The summed E-state index contributed by atoms with van der Waals surface area (Å²) < 4.78 is 24.8. The van der Waals surface area contributed by atoms with Gasteiger partial charge >= 0.3 is 6.03 Å². The van der Waals surface area contributed by atoms with Crippen LogP contribution in [0.4, 0.5) is 4.79 Å². The van der Waals surface area contributed by atoms with Gasteiger partial charge in [0.05, 0.1) is 17.3 Å². The monoisotopic (exact) mass is 761 g/mol. The molecule has 1 heterocycles. The van der Waals surface area contributed by atoms with Crippen molar-refractivity contribution in [3.8, 4) is 12.3 Å². The Hall–Kier alpha value is -3.24. The molecule has 2 saturated carbocycles. The second-order valence-electron chi connectivity index (χ2n) is 17.7. The van der Waals surface area contributed by atoms with E-state index in [1.165, 1.54) is 12.3 Å². The van der Waals surface area contributed by atoms with Gasteiger partial charge in [0.2, 0.25) is 17.6 Å². The van der Waals surface area contributed by atoms with Crippen LogP contribution in [-0.2, 0) is 28.5 Å². The van der Waals surface area contributed by atoms with Crippen LogP contribution < -0.4 is 21.3 Å². The topological polar surface area (TPSA) is 174 Å². The van der Waals surface area contributed by atoms with Crippen LogP contribution in [0.25, 0.3) is 0 Å². The molecule has 4 atom stereocenters. The molecule has 0 bridgehead atoms. The largest absolute Gasteiger partial charge is 0.346 e. The fraction of sp³-hybridized carbons (Fsp3) is 0.775. The number of hydrogen-bond acceptors (Lipinski definition) is 6. The Labute approximate surface area is 317 Å². The van der Waals surface area contributed by atoms with Crippen LogP contribution in [0.5, 0.6) is 0 Å². The molecule has 0 aromatic carbocycles. The highest BCUT2D eigenvalue weighted by molar-refractivity contribution is 8.15. The molecule has 5 N–H and O–H groups in total. The van der Waals surface area contributed by atoms with Gasteiger partial charge < -0.3 is 30.7 Å². The predicted molar refractivity (Wildman–Crippen MR) is 210 cm³/mol. The first-order valence-corrected chi connectivity index (χ1v) is 22.0. The van der Waals surface area contributed by atoms with E-state index in [0.29, 0.717) is 32.1 Å². The van der Waals surface area contributed by atoms with E-state index in [0.717, 1.165) is 38.5 Å². The number of Topliss-reactive ketones (excluding diaryl/α,β-unsaturated/α-hetero) is 1. The van der Waals surface area contributed by atoms with E-state index in [2.05, 4.69) is 33.8 Å². The number of carbonyl (C=O) groups excluding carboxylic acids is 5. The number of terminal acetylenes is 1. The van der Waals surface area contributed by atoms with Crippen LogP contribution in [0.1, 0.15) is 125 Å². The van der Waals surface area contributed by atoms with Crippen LogP contribution >= 0.6 is 0 Å². The fourth-order valence-corrected chi connectivity index (χ4v) is 10.5. The molecule has 2 aliphatic carbocycles. The Balaban J connectivity index is 1.97. The molecule has 1 aliphatic heterocycles. The molecule has 53 heavy (non-hydrogen) atoms. The van der Waals surface area contributed by atoms with Gasteiger partial charge in [-0.05, 0) is 76.5 Å². The van der Waals surface area contributed by atoms with Gasteiger partial charge in [0.1, 0.15) is 12.1 Å². The summed E-state index contributed by atoms with van der Waals surface area (Å²) in [4.78, 5) is 70.7. The van der Waals surface area contributed by atoms with E-state index in [-0.39, 0.29) is 49.4 Å². The molecule has 13 heteroatoms. The standard InChI is InChI=1S/C40H67N5O7S/c1-10-12-19-30(32(46)35(48)41-25-11-2)42-34(47)31-29(28(3)4)20-26-45(31)36(49)33(39(8)21-15-13-16-22-39)43-37(50)44-40(23-17-14-18-24-40)27-53(9,51,52)38(5,6)7/h1,11,28-31,33H,2,12-27H2,3-9H3,(H,41,48)(H,42,47)(H,51,52)(H2,43,44,50)/t29-,30?,31+,33-/m1/s1. The maximum absolute atomic E-state index is 14.9. The quantitative estimate of drug-likeness (QED) is 0.0915. The summed E-state index contributed by atoms with van der Waals surface area (Å²) in [7, 11) is -4.22. The van der Waals surface area contributed by atoms with Crippen molar-refractivity contribution in [3.05, 3.63) is 12.7 Å². The minimum Gasteiger partial charge on any atom is -0.346 e. The first kappa shape index (κ1) is 44.2. The van der Waals surface area contributed by atoms with E-state index in [1.54, 1.807) is 25.7 Å². The van der Waals surface area contributed by atoms with Crippen molar-refractivity contribution in [3.63, 3.8) is 0 Å². The van der Waals surface area contributed by atoms with Gasteiger partial charge in [-0.1, -0.05) is 65.4 Å². The maximum atomic E-state index is 14.9. The molecule has 3 aliphatic rings. The van der Waals surface area contributed by atoms with Crippen molar-refractivity contribution in [2.45, 2.75) is 153 Å². The molecule has 0 aromatic rings. The molecule has 1 unspecified atom stereocenters. The van der Waals surface area contributed by atoms with Gasteiger partial charge in [-0.15, -0.1) is 18.9 Å². The van der Waals surface area contributed by atoms with E-state index < -0.39 is 66.8 Å². The lowest BCUT2D eigenvalue weighted by Gasteiger charge is -2.55. The molecular weight excluding hydrogens is 695 g/mol. The van der Waals surface area contributed by atoms with Crippen molar-refractivity contribution < 1.29 is 32.7 Å². The van der Waals surface area contributed by atoms with Crippen LogP contribution in [-0.4, -0.2) is 96.7 Å². The molecular formula is C40H67N5O7S.